The zero-order valence-corrected chi connectivity index (χ0v) is 29.7. The summed E-state index contributed by atoms with van der Waals surface area (Å²) in [6, 6.07) is 24.5. The Bertz CT molecular complexity index is 1560. The van der Waals surface area contributed by atoms with Gasteiger partial charge in [-0.05, 0) is 77.0 Å². The zero-order chi connectivity index (χ0) is 33.2. The molecule has 252 valence electrons. The van der Waals surface area contributed by atoms with Crippen LogP contribution in [0.3, 0.4) is 0 Å². The van der Waals surface area contributed by atoms with E-state index in [0.29, 0.717) is 45.9 Å². The Morgan fingerprint density at radius 3 is 2.49 bits per heavy atom. The molecule has 2 heterocycles. The maximum atomic E-state index is 11.9. The van der Waals surface area contributed by atoms with Gasteiger partial charge in [0.2, 0.25) is 0 Å². The van der Waals surface area contributed by atoms with Gasteiger partial charge >= 0.3 is 6.09 Å². The lowest BCUT2D eigenvalue weighted by atomic mass is 9.87. The number of thiophene rings is 1. The van der Waals surface area contributed by atoms with Crippen LogP contribution in [0.15, 0.2) is 78.2 Å². The molecule has 1 aliphatic heterocycles. The van der Waals surface area contributed by atoms with Gasteiger partial charge in [-0.25, -0.2) is 4.79 Å². The monoisotopic (exact) mass is 677 g/mol. The van der Waals surface area contributed by atoms with Crippen molar-refractivity contribution < 1.29 is 33.6 Å². The fourth-order valence-electron chi connectivity index (χ4n) is 5.48. The van der Waals surface area contributed by atoms with Crippen LogP contribution < -0.4 is 9.47 Å². The first-order valence-electron chi connectivity index (χ1n) is 16.3. The molecular formula is C37H47NO7SSi. The number of ether oxygens (including phenoxy) is 5. The third kappa shape index (κ3) is 10.3. The molecule has 0 radical (unpaired) electrons. The number of hydrogen-bond donors (Lipinski definition) is 1. The minimum absolute atomic E-state index is 0.0734. The largest absolute Gasteiger partial charge is 0.494 e. The van der Waals surface area contributed by atoms with Crippen molar-refractivity contribution >= 4 is 36.3 Å². The van der Waals surface area contributed by atoms with Crippen LogP contribution in [0.5, 0.6) is 11.5 Å². The summed E-state index contributed by atoms with van der Waals surface area (Å²) >= 11 is 1.70. The van der Waals surface area contributed by atoms with Gasteiger partial charge in [-0.3, -0.25) is 0 Å². The molecule has 1 aromatic heterocycles. The summed E-state index contributed by atoms with van der Waals surface area (Å²) in [6.45, 7) is 12.2. The molecule has 1 N–H and O–H groups in total. The Morgan fingerprint density at radius 1 is 0.957 bits per heavy atom. The van der Waals surface area contributed by atoms with Crippen LogP contribution in [0.1, 0.15) is 41.7 Å². The van der Waals surface area contributed by atoms with E-state index in [1.807, 2.05) is 36.4 Å². The average molecular weight is 678 g/mol. The maximum absolute atomic E-state index is 11.9. The summed E-state index contributed by atoms with van der Waals surface area (Å²) in [5.74, 6) is 1.64. The minimum Gasteiger partial charge on any atom is -0.494 e. The first-order chi connectivity index (χ1) is 22.7. The number of carbonyl (C=O) groups is 1. The second kappa shape index (κ2) is 16.6. The number of likely N-dealkylation sites (tertiary alicyclic amines) is 1. The van der Waals surface area contributed by atoms with Crippen LogP contribution in [-0.4, -0.2) is 69.1 Å². The molecule has 4 aromatic rings. The van der Waals surface area contributed by atoms with Gasteiger partial charge in [0.1, 0.15) is 11.5 Å². The number of amides is 1. The summed E-state index contributed by atoms with van der Waals surface area (Å²) in [6.07, 6.45) is 0.312. The fraction of sp³-hybridized carbons (Fsp3) is 0.432. The van der Waals surface area contributed by atoms with E-state index in [4.69, 9.17) is 23.7 Å². The lowest BCUT2D eigenvalue weighted by molar-refractivity contribution is -0.0199. The summed E-state index contributed by atoms with van der Waals surface area (Å²) < 4.78 is 30.0. The number of nitrogens with zero attached hydrogens (tertiary/aromatic N) is 1. The molecule has 0 saturated carbocycles. The van der Waals surface area contributed by atoms with Crippen LogP contribution >= 0.6 is 11.3 Å². The van der Waals surface area contributed by atoms with Crippen LogP contribution in [0, 0.1) is 0 Å². The Morgan fingerprint density at radius 2 is 1.74 bits per heavy atom. The predicted octanol–water partition coefficient (Wildman–Crippen LogP) is 8.56. The highest BCUT2D eigenvalue weighted by molar-refractivity contribution is 7.09. The zero-order valence-electron chi connectivity index (χ0n) is 27.9. The predicted molar refractivity (Wildman–Crippen MR) is 189 cm³/mol. The molecule has 0 spiro atoms. The molecule has 0 bridgehead atoms. The molecule has 8 nitrogen and oxygen atoms in total. The number of fused-ring (bicyclic) bond motifs is 1. The van der Waals surface area contributed by atoms with Crippen molar-refractivity contribution in [1.29, 1.82) is 0 Å². The van der Waals surface area contributed by atoms with E-state index in [1.54, 1.807) is 11.3 Å². The van der Waals surface area contributed by atoms with Gasteiger partial charge in [0, 0.05) is 29.5 Å². The number of rotatable bonds is 16. The van der Waals surface area contributed by atoms with Gasteiger partial charge in [-0.2, -0.15) is 0 Å². The van der Waals surface area contributed by atoms with Crippen molar-refractivity contribution in [3.05, 3.63) is 94.2 Å². The topological polar surface area (TPSA) is 86.7 Å². The van der Waals surface area contributed by atoms with Gasteiger partial charge in [-0.1, -0.05) is 56.0 Å². The van der Waals surface area contributed by atoms with Crippen LogP contribution in [0.2, 0.25) is 19.6 Å². The lowest BCUT2D eigenvalue weighted by Crippen LogP contribution is -2.46. The molecule has 47 heavy (non-hydrogen) atoms. The SMILES string of the molecule is CC(OCOc1ccc2ccc(COC3CN(C(=O)O)CCC3c3ccc(OCCCOCc4cccs4)cc3)cc2c1)[Si](C)(C)C. The highest BCUT2D eigenvalue weighted by atomic mass is 32.1. The van der Waals surface area contributed by atoms with Gasteiger partial charge in [0.25, 0.3) is 0 Å². The molecule has 1 amide bonds. The van der Waals surface area contributed by atoms with Crippen LogP contribution in [0.25, 0.3) is 10.8 Å². The van der Waals surface area contributed by atoms with Crippen molar-refractivity contribution in [3.63, 3.8) is 0 Å². The summed E-state index contributed by atoms with van der Waals surface area (Å²) in [5, 5.41) is 13.9. The van der Waals surface area contributed by atoms with Crippen molar-refractivity contribution in [1.82, 2.24) is 4.90 Å². The first kappa shape index (κ1) is 34.9. The molecule has 0 aliphatic carbocycles. The third-order valence-electron chi connectivity index (χ3n) is 8.77. The Hall–Kier alpha value is -3.41. The standard InChI is InChI=1S/C37H47NO7SSi/c1-27(47(2,3)4)44-26-45-33-15-10-29-9-8-28(21-31(29)22-33)24-43-36-23-38(37(39)40)17-16-35(36)30-11-13-32(14-12-30)42-19-6-18-41-25-34-7-5-20-46-34/h5,7-15,20-22,27,35-36H,6,16-19,23-26H2,1-4H3,(H,39,40). The second-order valence-corrected chi connectivity index (χ2v) is 19.7. The molecule has 1 fully saturated rings. The van der Waals surface area contributed by atoms with Crippen molar-refractivity contribution in [2.45, 2.75) is 70.4 Å². The molecule has 10 heteroatoms. The molecule has 1 aliphatic rings. The number of benzene rings is 3. The molecule has 3 unspecified atom stereocenters. The van der Waals surface area contributed by atoms with Gasteiger partial charge in [-0.15, -0.1) is 11.3 Å². The van der Waals surface area contributed by atoms with E-state index in [2.05, 4.69) is 68.3 Å². The molecular weight excluding hydrogens is 631 g/mol. The van der Waals surface area contributed by atoms with Gasteiger partial charge in [0.15, 0.2) is 6.79 Å². The summed E-state index contributed by atoms with van der Waals surface area (Å²) in [5.41, 5.74) is 2.35. The van der Waals surface area contributed by atoms with E-state index in [1.165, 1.54) is 9.78 Å². The number of hydrogen-bond acceptors (Lipinski definition) is 7. The number of piperidine rings is 1. The van der Waals surface area contributed by atoms with Gasteiger partial charge < -0.3 is 33.7 Å². The van der Waals surface area contributed by atoms with E-state index in [-0.39, 0.29) is 24.5 Å². The van der Waals surface area contributed by atoms with Crippen molar-refractivity contribution in [2.24, 2.45) is 0 Å². The van der Waals surface area contributed by atoms with Crippen LogP contribution in [-0.2, 0) is 27.4 Å². The first-order valence-corrected chi connectivity index (χ1v) is 20.8. The van der Waals surface area contributed by atoms with Gasteiger partial charge in [0.05, 0.1) is 47.2 Å². The van der Waals surface area contributed by atoms with E-state index in [9.17, 15) is 9.90 Å². The highest BCUT2D eigenvalue weighted by Gasteiger charge is 2.33. The van der Waals surface area contributed by atoms with E-state index >= 15 is 0 Å². The van der Waals surface area contributed by atoms with E-state index < -0.39 is 14.2 Å². The maximum Gasteiger partial charge on any atom is 0.407 e. The average Bonchev–Trinajstić information content (AvgIpc) is 3.58. The molecule has 3 atom stereocenters. The normalized spacial score (nSPS) is 17.5. The molecule has 5 rings (SSSR count). The number of carboxylic acid groups (broad SMARTS) is 1. The molecule has 3 aromatic carbocycles. The lowest BCUT2D eigenvalue weighted by Gasteiger charge is -2.37. The summed E-state index contributed by atoms with van der Waals surface area (Å²) in [7, 11) is -1.39. The Labute approximate surface area is 283 Å². The summed E-state index contributed by atoms with van der Waals surface area (Å²) in [4.78, 5) is 14.5. The minimum atomic E-state index is -1.39. The van der Waals surface area contributed by atoms with Crippen molar-refractivity contribution in [2.75, 3.05) is 33.1 Å². The second-order valence-electron chi connectivity index (χ2n) is 13.2. The quantitative estimate of drug-likeness (QED) is 0.0723. The van der Waals surface area contributed by atoms with E-state index in [0.717, 1.165) is 39.8 Å². The van der Waals surface area contributed by atoms with Crippen molar-refractivity contribution in [3.8, 4) is 11.5 Å². The molecule has 1 saturated heterocycles. The Kier molecular flexibility index (Phi) is 12.3. The van der Waals surface area contributed by atoms with Crippen LogP contribution in [0.4, 0.5) is 4.79 Å². The fourth-order valence-corrected chi connectivity index (χ4v) is 6.69. The third-order valence-corrected chi connectivity index (χ3v) is 12.2. The Balaban J connectivity index is 1.16. The highest BCUT2D eigenvalue weighted by Crippen LogP contribution is 2.33. The smallest absolute Gasteiger partial charge is 0.407 e.